The van der Waals surface area contributed by atoms with E-state index in [4.69, 9.17) is 0 Å². The van der Waals surface area contributed by atoms with E-state index in [1.165, 1.54) is 430 Å². The van der Waals surface area contributed by atoms with Gasteiger partial charge in [0.25, 0.3) is 0 Å². The first kappa shape index (κ1) is 128. The topological polar surface area (TPSA) is 0 Å². The second kappa shape index (κ2) is 181. The molecule has 0 saturated heterocycles. The van der Waals surface area contributed by atoms with E-state index in [2.05, 4.69) is 13.8 Å². The van der Waals surface area contributed by atoms with Crippen molar-refractivity contribution in [3.05, 3.63) is 0 Å². The van der Waals surface area contributed by atoms with Gasteiger partial charge in [-0.2, -0.15) is 0 Å². The molecule has 0 bridgehead atoms. The molecule has 0 heteroatoms. The molecule has 0 radical (unpaired) electrons. The number of hydrogen-bond acceptors (Lipinski definition) is 0. The van der Waals surface area contributed by atoms with Crippen molar-refractivity contribution in [2.45, 2.75) is 624 Å². The fraction of sp³-hybridized carbons (Fsp3) is 1.00. The molecule has 18 aliphatic rings. The molecule has 0 atom stereocenters. The van der Waals surface area contributed by atoms with Crippen LogP contribution in [0.2, 0.25) is 0 Å². The Kier molecular flexibility index (Phi) is 244. The highest BCUT2D eigenvalue weighted by Crippen LogP contribution is 2.21. The monoisotopic (exact) mass is 1360 g/mol. The predicted molar refractivity (Wildman–Crippen MR) is 468 cm³/mol. The van der Waals surface area contributed by atoms with Gasteiger partial charge in [0.15, 0.2) is 0 Å². The third-order valence-corrected chi connectivity index (χ3v) is 14.1. The zero-order valence-corrected chi connectivity index (χ0v) is 75.4. The maximum Gasteiger partial charge on any atom is -0.0533 e. The first-order chi connectivity index (χ1) is 47.4. The summed E-state index contributed by atoms with van der Waals surface area (Å²) in [7, 11) is 0. The molecule has 0 aromatic rings. The molecule has 0 N–H and O–H groups in total. The first-order valence-corrected chi connectivity index (χ1v) is 47.4. The van der Waals surface area contributed by atoms with E-state index in [1.807, 2.05) is 180 Å². The van der Waals surface area contributed by atoms with E-state index in [1.54, 1.807) is 0 Å². The van der Waals surface area contributed by atoms with Gasteiger partial charge in [-0.15, -0.1) is 0 Å². The van der Waals surface area contributed by atoms with Gasteiger partial charge in [-0.05, 0) is 0 Å². The zero-order valence-electron chi connectivity index (χ0n) is 75.4. The molecule has 18 aliphatic carbocycles. The van der Waals surface area contributed by atoms with Crippen molar-refractivity contribution < 1.29 is 0 Å². The van der Waals surface area contributed by atoms with E-state index < -0.39 is 0 Å². The fourth-order valence-electron chi connectivity index (χ4n) is 3.00. The average Bonchev–Trinajstić information content (AvgIpc) is 4.29. The fourth-order valence-corrected chi connectivity index (χ4v) is 3.00. The minimum Gasteiger partial charge on any atom is -0.0683 e. The molecule has 0 aliphatic heterocycles. The van der Waals surface area contributed by atoms with Gasteiger partial charge in [-0.1, -0.05) is 624 Å². The third kappa shape index (κ3) is 273. The number of rotatable bonds is 0. The Morgan fingerprint density at radius 1 is 0.0737 bits per heavy atom. The lowest BCUT2D eigenvalue weighted by molar-refractivity contribution is 0.504. The molecule has 0 spiro atoms. The lowest BCUT2D eigenvalue weighted by Crippen LogP contribution is -1.85. The molecule has 0 aromatic heterocycles. The molecule has 18 saturated carbocycles. The summed E-state index contributed by atoms with van der Waals surface area (Å²) >= 11 is 0. The van der Waals surface area contributed by atoms with Gasteiger partial charge in [0.1, 0.15) is 0 Å². The van der Waals surface area contributed by atoms with E-state index >= 15 is 0 Å². The number of hydrogen-bond donors (Lipinski definition) is 0. The zero-order chi connectivity index (χ0) is 75.4. The molecular weight excluding hydrogens is 1140 g/mol. The normalized spacial score (nSPS) is 17.7. The van der Waals surface area contributed by atoms with Gasteiger partial charge in [0.05, 0.1) is 0 Å². The molecule has 95 heavy (non-hydrogen) atoms. The summed E-state index contributed by atoms with van der Waals surface area (Å²) in [6.07, 6.45) is 100. The Bertz CT molecular complexity index is 470. The van der Waals surface area contributed by atoms with Crippen LogP contribution in [0.3, 0.4) is 0 Å². The van der Waals surface area contributed by atoms with Crippen molar-refractivity contribution in [3.8, 4) is 0 Å². The predicted octanol–water partition coefficient (Wildman–Crippen LogP) is 40.5. The second-order valence-electron chi connectivity index (χ2n) is 24.0. The SMILES string of the molecule is C1CC1.C1CC1.C1CC1.C1CC1.C1CC1.C1CC1.C1CCC1.C1CCC1.C1CCC1.C1CCC1.C1CCC1.C1CCC1.C1CCC1.C1CCC1.C1CCC1.C1CCC1.C1CCC1.C1CCC1.CC.CC.CC.CC.CC.CC.CC.CC.CC.CC.CC.CC.CC.CCC. The van der Waals surface area contributed by atoms with E-state index in [9.17, 15) is 0 Å². The molecular formula is C95H218. The van der Waals surface area contributed by atoms with Gasteiger partial charge < -0.3 is 0 Å². The summed E-state index contributed by atoms with van der Waals surface area (Å²) < 4.78 is 0. The summed E-state index contributed by atoms with van der Waals surface area (Å²) in [5.41, 5.74) is 0. The van der Waals surface area contributed by atoms with Crippen molar-refractivity contribution >= 4 is 0 Å². The Labute approximate surface area is 620 Å². The van der Waals surface area contributed by atoms with Gasteiger partial charge in [0, 0.05) is 0 Å². The van der Waals surface area contributed by atoms with E-state index in [-0.39, 0.29) is 0 Å². The molecule has 0 aromatic carbocycles. The Balaban J connectivity index is -0.0000000597. The molecule has 0 unspecified atom stereocenters. The van der Waals surface area contributed by atoms with Crippen LogP contribution in [0.25, 0.3) is 0 Å². The summed E-state index contributed by atoms with van der Waals surface area (Å²) in [5, 5.41) is 0. The van der Waals surface area contributed by atoms with E-state index in [0.717, 1.165) is 0 Å². The summed E-state index contributed by atoms with van der Waals surface area (Å²) in [5.74, 6) is 0. The van der Waals surface area contributed by atoms with Crippen molar-refractivity contribution in [1.29, 1.82) is 0 Å². The maximum absolute atomic E-state index is 2.12. The van der Waals surface area contributed by atoms with Crippen LogP contribution in [-0.2, 0) is 0 Å². The molecule has 598 valence electrons. The van der Waals surface area contributed by atoms with E-state index in [0.29, 0.717) is 0 Å². The Hall–Kier alpha value is 0. The van der Waals surface area contributed by atoms with Crippen LogP contribution in [0.1, 0.15) is 624 Å². The minimum atomic E-state index is 1.25. The minimum absolute atomic E-state index is 1.25. The van der Waals surface area contributed by atoms with Crippen LogP contribution in [0.4, 0.5) is 0 Å². The summed E-state index contributed by atoms with van der Waals surface area (Å²) in [6.45, 7) is 56.2. The van der Waals surface area contributed by atoms with Crippen molar-refractivity contribution in [3.63, 3.8) is 0 Å². The molecule has 18 rings (SSSR count). The molecule has 0 amide bonds. The summed E-state index contributed by atoms with van der Waals surface area (Å²) in [6, 6.07) is 0. The third-order valence-electron chi connectivity index (χ3n) is 14.1. The van der Waals surface area contributed by atoms with Gasteiger partial charge in [-0.25, -0.2) is 0 Å². The second-order valence-corrected chi connectivity index (χ2v) is 24.0. The van der Waals surface area contributed by atoms with Crippen LogP contribution < -0.4 is 0 Å². The van der Waals surface area contributed by atoms with Crippen molar-refractivity contribution in [1.82, 2.24) is 0 Å². The highest BCUT2D eigenvalue weighted by molar-refractivity contribution is 4.57. The van der Waals surface area contributed by atoms with Crippen LogP contribution in [-0.4, -0.2) is 0 Å². The summed E-state index contributed by atoms with van der Waals surface area (Å²) in [4.78, 5) is 0. The molecule has 0 nitrogen and oxygen atoms in total. The van der Waals surface area contributed by atoms with Gasteiger partial charge in [0.2, 0.25) is 0 Å². The lowest BCUT2D eigenvalue weighted by atomic mass is 10.0. The van der Waals surface area contributed by atoms with Crippen LogP contribution in [0, 0.1) is 0 Å². The first-order valence-electron chi connectivity index (χ1n) is 47.4. The van der Waals surface area contributed by atoms with Gasteiger partial charge >= 0.3 is 0 Å². The largest absolute Gasteiger partial charge is 0.0683 e. The van der Waals surface area contributed by atoms with Gasteiger partial charge in [-0.3, -0.25) is 0 Å². The maximum atomic E-state index is 2.12. The smallest absolute Gasteiger partial charge is 0.0533 e. The van der Waals surface area contributed by atoms with Crippen LogP contribution in [0.5, 0.6) is 0 Å². The van der Waals surface area contributed by atoms with Crippen LogP contribution in [0.15, 0.2) is 0 Å². The van der Waals surface area contributed by atoms with Crippen LogP contribution >= 0.6 is 0 Å². The molecule has 18 fully saturated rings. The van der Waals surface area contributed by atoms with Crippen molar-refractivity contribution in [2.75, 3.05) is 0 Å². The van der Waals surface area contributed by atoms with Crippen molar-refractivity contribution in [2.24, 2.45) is 0 Å². The highest BCUT2D eigenvalue weighted by atomic mass is 14.1. The molecule has 0 heterocycles. The lowest BCUT2D eigenvalue weighted by Gasteiger charge is -2.05. The highest BCUT2D eigenvalue weighted by Gasteiger charge is 2.01. The average molecular weight is 1360 g/mol. The standard InChI is InChI=1S/12C4H8.6C3H6.C3H8.13C2H6/c12*1-2-4-3-1;6*1-2-3-1;1-3-2;13*1-2/h12*1-4H2;6*1-3H2;3H2,1-2H3;13*1-2H3. The Morgan fingerprint density at radius 3 is 0.0842 bits per heavy atom. The Morgan fingerprint density at radius 2 is 0.0842 bits per heavy atom. The quantitative estimate of drug-likeness (QED) is 0.227.